The van der Waals surface area contributed by atoms with Gasteiger partial charge in [0.15, 0.2) is 0 Å². The maximum Gasteiger partial charge on any atom is 0.256 e. The Morgan fingerprint density at radius 1 is 1.05 bits per heavy atom. The maximum atomic E-state index is 13.6. The van der Waals surface area contributed by atoms with Crippen LogP contribution in [0.5, 0.6) is 0 Å². The fourth-order valence-electron chi connectivity index (χ4n) is 5.73. The van der Waals surface area contributed by atoms with E-state index in [0.29, 0.717) is 26.2 Å². The lowest BCUT2D eigenvalue weighted by atomic mass is 9.95. The van der Waals surface area contributed by atoms with Gasteiger partial charge < -0.3 is 9.64 Å². The number of likely N-dealkylation sites (tertiary alicyclic amines) is 1. The normalized spacial score (nSPS) is 22.3. The topological polar surface area (TPSA) is 62.2 Å². The van der Waals surface area contributed by atoms with Crippen LogP contribution in [0, 0.1) is 18.7 Å². The first-order valence-corrected chi connectivity index (χ1v) is 13.0. The highest BCUT2D eigenvalue weighted by Crippen LogP contribution is 2.46. The van der Waals surface area contributed by atoms with Gasteiger partial charge in [-0.25, -0.2) is 4.39 Å². The second-order valence-corrected chi connectivity index (χ2v) is 10.9. The molecular formula is C30H28FN3O3. The molecule has 7 heteroatoms. The van der Waals surface area contributed by atoms with E-state index < -0.39 is 5.54 Å². The van der Waals surface area contributed by atoms with Crippen molar-refractivity contribution in [1.82, 2.24) is 9.80 Å². The molecule has 0 bridgehead atoms. The number of amides is 2. The fraction of sp³-hybridized carbons (Fsp3) is 0.367. The van der Waals surface area contributed by atoms with Crippen molar-refractivity contribution in [3.8, 4) is 11.1 Å². The molecule has 2 amide bonds. The van der Waals surface area contributed by atoms with Gasteiger partial charge in [-0.2, -0.15) is 0 Å². The molecule has 0 N–H and O–H groups in total. The summed E-state index contributed by atoms with van der Waals surface area (Å²) in [4.78, 5) is 34.4. The third-order valence-electron chi connectivity index (χ3n) is 8.23. The van der Waals surface area contributed by atoms with E-state index in [2.05, 4.69) is 31.2 Å². The van der Waals surface area contributed by atoms with Gasteiger partial charge in [0.25, 0.3) is 11.8 Å². The molecule has 6 nitrogen and oxygen atoms in total. The van der Waals surface area contributed by atoms with Gasteiger partial charge in [-0.3, -0.25) is 19.5 Å². The van der Waals surface area contributed by atoms with E-state index in [4.69, 9.17) is 9.73 Å². The van der Waals surface area contributed by atoms with E-state index in [1.165, 1.54) is 6.07 Å². The number of aliphatic imine (C=N–C) groups is 1. The second kappa shape index (κ2) is 8.21. The Morgan fingerprint density at radius 3 is 2.46 bits per heavy atom. The standard InChI is InChI=1S/C30H28FN3O3/c1-18-12-20(21-2-3-23-14-24(31)6-4-22(23)13-21)5-7-25(18)27-32-30(9-10-30)29(36)34(27)17-19-15-33(16-19)28(35)26-8-11-37-26/h2-7,12-14,19,26H,8-11,15-17H2,1H3. The number of halogens is 1. The predicted octanol–water partition coefficient (Wildman–Crippen LogP) is 4.32. The van der Waals surface area contributed by atoms with Gasteiger partial charge in [-0.15, -0.1) is 0 Å². The number of aryl methyl sites for hydroxylation is 1. The van der Waals surface area contributed by atoms with Crippen molar-refractivity contribution in [3.05, 3.63) is 71.5 Å². The van der Waals surface area contributed by atoms with Crippen molar-refractivity contribution in [2.45, 2.75) is 37.8 Å². The SMILES string of the molecule is Cc1cc(-c2ccc3cc(F)ccc3c2)ccc1C1=NC2(CC2)C(=O)N1CC1CN(C(=O)C2CCO2)C1. The van der Waals surface area contributed by atoms with Crippen LogP contribution in [0.1, 0.15) is 30.4 Å². The van der Waals surface area contributed by atoms with Gasteiger partial charge in [-0.05, 0) is 65.4 Å². The van der Waals surface area contributed by atoms with Crippen molar-refractivity contribution in [2.24, 2.45) is 10.9 Å². The minimum absolute atomic E-state index is 0.0769. The lowest BCUT2D eigenvalue weighted by molar-refractivity contribution is -0.162. The summed E-state index contributed by atoms with van der Waals surface area (Å²) in [5.74, 6) is 0.938. The molecule has 3 heterocycles. The van der Waals surface area contributed by atoms with Gasteiger partial charge >= 0.3 is 0 Å². The number of carbonyl (C=O) groups excluding carboxylic acids is 2. The van der Waals surface area contributed by atoms with Crippen LogP contribution in [0.15, 0.2) is 59.6 Å². The first-order chi connectivity index (χ1) is 17.9. The van der Waals surface area contributed by atoms with Gasteiger partial charge in [0.05, 0.1) is 6.61 Å². The highest BCUT2D eigenvalue weighted by atomic mass is 19.1. The number of hydrogen-bond donors (Lipinski definition) is 0. The van der Waals surface area contributed by atoms with Crippen LogP contribution >= 0.6 is 0 Å². The molecule has 3 aromatic rings. The molecule has 2 saturated heterocycles. The molecule has 7 rings (SSSR count). The summed E-state index contributed by atoms with van der Waals surface area (Å²) in [5.41, 5.74) is 3.57. The summed E-state index contributed by atoms with van der Waals surface area (Å²) >= 11 is 0. The maximum absolute atomic E-state index is 13.6. The number of ether oxygens (including phenoxy) is 1. The number of fused-ring (bicyclic) bond motifs is 1. The van der Waals surface area contributed by atoms with Crippen LogP contribution < -0.4 is 0 Å². The molecule has 1 saturated carbocycles. The molecule has 1 unspecified atom stereocenters. The third kappa shape index (κ3) is 3.75. The Morgan fingerprint density at radius 2 is 1.76 bits per heavy atom. The van der Waals surface area contributed by atoms with Crippen molar-refractivity contribution >= 4 is 28.4 Å². The van der Waals surface area contributed by atoms with E-state index in [0.717, 1.165) is 58.1 Å². The number of carbonyl (C=O) groups is 2. The zero-order valence-corrected chi connectivity index (χ0v) is 20.7. The van der Waals surface area contributed by atoms with Gasteiger partial charge in [0.2, 0.25) is 0 Å². The fourth-order valence-corrected chi connectivity index (χ4v) is 5.73. The third-order valence-corrected chi connectivity index (χ3v) is 8.23. The van der Waals surface area contributed by atoms with Crippen molar-refractivity contribution in [3.63, 3.8) is 0 Å². The zero-order valence-electron chi connectivity index (χ0n) is 20.7. The highest BCUT2D eigenvalue weighted by Gasteiger charge is 2.58. The van der Waals surface area contributed by atoms with Gasteiger partial charge in [0, 0.05) is 37.5 Å². The van der Waals surface area contributed by atoms with Crippen LogP contribution in [0.25, 0.3) is 21.9 Å². The number of rotatable bonds is 5. The quantitative estimate of drug-likeness (QED) is 0.528. The van der Waals surface area contributed by atoms with Crippen LogP contribution in [0.4, 0.5) is 4.39 Å². The van der Waals surface area contributed by atoms with Crippen LogP contribution in [-0.2, 0) is 14.3 Å². The van der Waals surface area contributed by atoms with Crippen LogP contribution in [0.3, 0.4) is 0 Å². The minimum atomic E-state index is -0.576. The lowest BCUT2D eigenvalue weighted by Crippen LogP contribution is -2.58. The largest absolute Gasteiger partial charge is 0.368 e. The van der Waals surface area contributed by atoms with E-state index in [9.17, 15) is 14.0 Å². The van der Waals surface area contributed by atoms with Crippen LogP contribution in [0.2, 0.25) is 0 Å². The summed E-state index contributed by atoms with van der Waals surface area (Å²) in [6.45, 7) is 4.62. The molecule has 3 aliphatic heterocycles. The molecule has 3 aromatic carbocycles. The average Bonchev–Trinajstić information content (AvgIpc) is 3.56. The molecule has 1 spiro atoms. The van der Waals surface area contributed by atoms with Crippen LogP contribution in [-0.4, -0.2) is 65.3 Å². The van der Waals surface area contributed by atoms with Gasteiger partial charge in [-0.1, -0.05) is 36.4 Å². The minimum Gasteiger partial charge on any atom is -0.368 e. The number of amidine groups is 1. The van der Waals surface area contributed by atoms with Gasteiger partial charge in [0.1, 0.15) is 23.3 Å². The average molecular weight is 498 g/mol. The Labute approximate surface area is 214 Å². The Hall–Kier alpha value is -3.58. The van der Waals surface area contributed by atoms with E-state index in [-0.39, 0.29) is 29.7 Å². The molecule has 3 fully saturated rings. The number of hydrogen-bond acceptors (Lipinski definition) is 4. The summed E-state index contributed by atoms with van der Waals surface area (Å²) in [6.07, 6.45) is 2.13. The zero-order chi connectivity index (χ0) is 25.3. The first kappa shape index (κ1) is 22.6. The number of nitrogens with zero attached hydrogens (tertiary/aromatic N) is 3. The Kier molecular flexibility index (Phi) is 5.02. The molecule has 0 aromatic heterocycles. The van der Waals surface area contributed by atoms with Crippen molar-refractivity contribution in [1.29, 1.82) is 0 Å². The molecule has 4 aliphatic rings. The van der Waals surface area contributed by atoms with E-state index in [1.54, 1.807) is 12.1 Å². The molecule has 37 heavy (non-hydrogen) atoms. The molecule has 0 radical (unpaired) electrons. The number of benzene rings is 3. The van der Waals surface area contributed by atoms with Crippen molar-refractivity contribution < 1.29 is 18.7 Å². The Bertz CT molecular complexity index is 1480. The van der Waals surface area contributed by atoms with E-state index >= 15 is 0 Å². The lowest BCUT2D eigenvalue weighted by Gasteiger charge is -2.43. The predicted molar refractivity (Wildman–Crippen MR) is 139 cm³/mol. The monoisotopic (exact) mass is 497 g/mol. The molecule has 1 aliphatic carbocycles. The Balaban J connectivity index is 1.12. The first-order valence-electron chi connectivity index (χ1n) is 13.0. The summed E-state index contributed by atoms with van der Waals surface area (Å²) < 4.78 is 18.9. The summed E-state index contributed by atoms with van der Waals surface area (Å²) in [5, 5.41) is 1.86. The smallest absolute Gasteiger partial charge is 0.256 e. The molecule has 1 atom stereocenters. The summed E-state index contributed by atoms with van der Waals surface area (Å²) in [7, 11) is 0. The van der Waals surface area contributed by atoms with Crippen molar-refractivity contribution in [2.75, 3.05) is 26.2 Å². The summed E-state index contributed by atoms with van der Waals surface area (Å²) in [6, 6.07) is 17.1. The molecule has 188 valence electrons. The highest BCUT2D eigenvalue weighted by molar-refractivity contribution is 6.17. The molecular weight excluding hydrogens is 469 g/mol. The van der Waals surface area contributed by atoms with E-state index in [1.807, 2.05) is 21.9 Å². The second-order valence-electron chi connectivity index (χ2n) is 10.9.